The van der Waals surface area contributed by atoms with Gasteiger partial charge in [0.05, 0.1) is 11.1 Å². The fourth-order valence-corrected chi connectivity index (χ4v) is 5.33. The first-order chi connectivity index (χ1) is 18.8. The van der Waals surface area contributed by atoms with E-state index in [1.165, 1.54) is 0 Å². The molecule has 0 radical (unpaired) electrons. The number of carbonyl (C=O) groups is 4. The van der Waals surface area contributed by atoms with Gasteiger partial charge >= 0.3 is 0 Å². The third-order valence-electron chi connectivity index (χ3n) is 7.34. The van der Waals surface area contributed by atoms with E-state index in [4.69, 9.17) is 0 Å². The lowest BCUT2D eigenvalue weighted by Gasteiger charge is -2.00. The van der Waals surface area contributed by atoms with Crippen LogP contribution in [0.1, 0.15) is 61.7 Å². The van der Waals surface area contributed by atoms with Crippen molar-refractivity contribution in [1.82, 2.24) is 0 Å². The number of allylic oxidation sites excluding steroid dienone is 8. The quantitative estimate of drug-likeness (QED) is 0.162. The van der Waals surface area contributed by atoms with Gasteiger partial charge in [0.25, 0.3) is 0 Å². The highest BCUT2D eigenvalue weighted by molar-refractivity contribution is 6.41. The molecule has 4 heteroatoms. The van der Waals surface area contributed by atoms with Gasteiger partial charge in [-0.15, -0.1) is 0 Å². The van der Waals surface area contributed by atoms with Gasteiger partial charge in [-0.25, -0.2) is 0 Å². The molecule has 4 nitrogen and oxygen atoms in total. The van der Waals surface area contributed by atoms with E-state index in [0.29, 0.717) is 28.7 Å². The monoisotopic (exact) mass is 508 g/mol. The number of hydrogen-bond donors (Lipinski definition) is 0. The topological polar surface area (TPSA) is 68.3 Å². The van der Waals surface area contributed by atoms with E-state index in [-0.39, 0.29) is 34.3 Å². The molecule has 39 heavy (non-hydrogen) atoms. The van der Waals surface area contributed by atoms with Gasteiger partial charge in [-0.2, -0.15) is 0 Å². The van der Waals surface area contributed by atoms with Crippen LogP contribution in [-0.2, 0) is 0 Å². The summed E-state index contributed by atoms with van der Waals surface area (Å²) in [5.74, 6) is -1.01. The van der Waals surface area contributed by atoms with Crippen LogP contribution in [0.25, 0.3) is 21.5 Å². The van der Waals surface area contributed by atoms with Crippen molar-refractivity contribution < 1.29 is 19.2 Å². The number of hydrogen-bond acceptors (Lipinski definition) is 4. The van der Waals surface area contributed by atoms with Crippen LogP contribution in [0.5, 0.6) is 0 Å². The van der Waals surface area contributed by atoms with Crippen molar-refractivity contribution in [2.75, 3.05) is 0 Å². The number of benzene rings is 4. The van der Waals surface area contributed by atoms with Gasteiger partial charge in [0.2, 0.25) is 0 Å². The van der Waals surface area contributed by atoms with E-state index in [1.807, 2.05) is 68.5 Å². The lowest BCUT2D eigenvalue weighted by molar-refractivity contribution is 0.0973. The average molecular weight is 509 g/mol. The molecule has 188 valence electrons. The maximum atomic E-state index is 13.0. The predicted octanol–water partition coefficient (Wildman–Crippen LogP) is 7.59. The third-order valence-corrected chi connectivity index (χ3v) is 7.34. The summed E-state index contributed by atoms with van der Waals surface area (Å²) in [5, 5.41) is 3.71. The summed E-state index contributed by atoms with van der Waals surface area (Å²) in [4.78, 5) is 51.9. The van der Waals surface area contributed by atoms with Crippen LogP contribution in [0.4, 0.5) is 0 Å². The summed E-state index contributed by atoms with van der Waals surface area (Å²) in [6, 6.07) is 22.5. The zero-order valence-corrected chi connectivity index (χ0v) is 21.6. The lowest BCUT2D eigenvalue weighted by atomic mass is 10.0. The van der Waals surface area contributed by atoms with E-state index in [2.05, 4.69) is 0 Å². The number of carbonyl (C=O) groups excluding carboxylic acids is 4. The Balaban J connectivity index is 1.21. The highest BCUT2D eigenvalue weighted by atomic mass is 16.2. The molecule has 4 aromatic rings. The van der Waals surface area contributed by atoms with Gasteiger partial charge in [0, 0.05) is 22.3 Å². The molecule has 0 saturated heterocycles. The van der Waals surface area contributed by atoms with Crippen LogP contribution in [0.15, 0.2) is 119 Å². The highest BCUT2D eigenvalue weighted by Gasteiger charge is 2.34. The fourth-order valence-electron chi connectivity index (χ4n) is 5.33. The SMILES string of the molecule is CC(=CC=C1C(=O)c2cc3ccccc3cc2C1=O)/C=C(\C)CC=C1C(=O)c2cc3ccccc3cc2C1=O. The molecule has 0 atom stereocenters. The number of fused-ring (bicyclic) bond motifs is 4. The Morgan fingerprint density at radius 3 is 1.38 bits per heavy atom. The van der Waals surface area contributed by atoms with Crippen molar-refractivity contribution in [2.24, 2.45) is 0 Å². The fraction of sp³-hybridized carbons (Fsp3) is 0.0857. The van der Waals surface area contributed by atoms with E-state index in [0.717, 1.165) is 32.7 Å². The second-order valence-corrected chi connectivity index (χ2v) is 10.1. The molecule has 0 aliphatic heterocycles. The molecule has 0 bridgehead atoms. The molecule has 0 heterocycles. The van der Waals surface area contributed by atoms with Gasteiger partial charge in [0.15, 0.2) is 23.1 Å². The molecule has 0 unspecified atom stereocenters. The van der Waals surface area contributed by atoms with Crippen molar-refractivity contribution in [3.8, 4) is 0 Å². The first-order valence-corrected chi connectivity index (χ1v) is 12.8. The largest absolute Gasteiger partial charge is 0.288 e. The van der Waals surface area contributed by atoms with Crippen LogP contribution in [0.2, 0.25) is 0 Å². The zero-order valence-electron chi connectivity index (χ0n) is 21.6. The summed E-state index contributed by atoms with van der Waals surface area (Å²) in [7, 11) is 0. The zero-order chi connectivity index (χ0) is 27.3. The Bertz CT molecular complexity index is 1800. The predicted molar refractivity (Wildman–Crippen MR) is 154 cm³/mol. The maximum absolute atomic E-state index is 13.0. The van der Waals surface area contributed by atoms with E-state index >= 15 is 0 Å². The van der Waals surface area contributed by atoms with E-state index < -0.39 is 0 Å². The molecule has 0 N–H and O–H groups in total. The minimum atomic E-state index is -0.263. The Kier molecular flexibility index (Phi) is 5.88. The number of Topliss-reactive ketones (excluding diaryl/α,β-unsaturated/α-hetero) is 4. The first kappa shape index (κ1) is 24.4. The van der Waals surface area contributed by atoms with Crippen molar-refractivity contribution >= 4 is 44.7 Å². The van der Waals surface area contributed by atoms with Gasteiger partial charge in [-0.1, -0.05) is 77.9 Å². The Hall–Kier alpha value is -4.96. The maximum Gasteiger partial charge on any atom is 0.197 e. The standard InChI is InChI=1S/C35H24O4/c1-20(11-13-26-32(36)28-16-22-7-3-4-8-23(22)17-29(28)33(26)37)15-21(2)12-14-27-34(38)30-18-24-9-5-6-10-25(24)19-31(30)35(27)39/h3-11,13-19H,12H2,1-2H3/b20-11?,21-15+. The normalized spacial score (nSPS) is 15.4. The van der Waals surface area contributed by atoms with Gasteiger partial charge < -0.3 is 0 Å². The summed E-state index contributed by atoms with van der Waals surface area (Å²) in [5.41, 5.74) is 3.92. The molecule has 6 rings (SSSR count). The average Bonchev–Trinajstić information content (AvgIpc) is 3.31. The van der Waals surface area contributed by atoms with Crippen molar-refractivity contribution in [1.29, 1.82) is 0 Å². The minimum absolute atomic E-state index is 0.153. The van der Waals surface area contributed by atoms with Crippen LogP contribution in [-0.4, -0.2) is 23.1 Å². The first-order valence-electron chi connectivity index (χ1n) is 12.8. The van der Waals surface area contributed by atoms with Gasteiger partial charge in [-0.05, 0) is 72.2 Å². The summed E-state index contributed by atoms with van der Waals surface area (Å²) in [6.07, 6.45) is 7.37. The smallest absolute Gasteiger partial charge is 0.197 e. The number of rotatable bonds is 4. The lowest BCUT2D eigenvalue weighted by Crippen LogP contribution is -2.00. The van der Waals surface area contributed by atoms with Crippen LogP contribution in [0, 0.1) is 0 Å². The Labute approximate surface area is 225 Å². The second-order valence-electron chi connectivity index (χ2n) is 10.1. The summed E-state index contributed by atoms with van der Waals surface area (Å²) in [6.45, 7) is 3.80. The molecule has 4 aromatic carbocycles. The van der Waals surface area contributed by atoms with Crippen LogP contribution >= 0.6 is 0 Å². The van der Waals surface area contributed by atoms with Crippen molar-refractivity contribution in [2.45, 2.75) is 20.3 Å². The molecule has 2 aliphatic rings. The Morgan fingerprint density at radius 2 is 0.974 bits per heavy atom. The Morgan fingerprint density at radius 1 is 0.590 bits per heavy atom. The molecule has 0 aromatic heterocycles. The summed E-state index contributed by atoms with van der Waals surface area (Å²) >= 11 is 0. The molecular formula is C35H24O4. The second kappa shape index (κ2) is 9.41. The van der Waals surface area contributed by atoms with Crippen LogP contribution < -0.4 is 0 Å². The van der Waals surface area contributed by atoms with Crippen molar-refractivity contribution in [3.63, 3.8) is 0 Å². The van der Waals surface area contributed by atoms with Gasteiger partial charge in [-0.3, -0.25) is 19.2 Å². The molecule has 0 amide bonds. The highest BCUT2D eigenvalue weighted by Crippen LogP contribution is 2.32. The summed E-state index contributed by atoms with van der Waals surface area (Å²) < 4.78 is 0. The van der Waals surface area contributed by atoms with E-state index in [1.54, 1.807) is 42.5 Å². The minimum Gasteiger partial charge on any atom is -0.288 e. The molecular weight excluding hydrogens is 484 g/mol. The molecule has 2 aliphatic carbocycles. The van der Waals surface area contributed by atoms with Gasteiger partial charge in [0.1, 0.15) is 0 Å². The van der Waals surface area contributed by atoms with Crippen molar-refractivity contribution in [3.05, 3.63) is 142 Å². The molecule has 0 spiro atoms. The van der Waals surface area contributed by atoms with Crippen LogP contribution in [0.3, 0.4) is 0 Å². The van der Waals surface area contributed by atoms with E-state index in [9.17, 15) is 19.2 Å². The number of ketones is 4. The third kappa shape index (κ3) is 4.20. The molecule has 0 fully saturated rings. The molecule has 0 saturated carbocycles.